The molecule has 2 aromatic heterocycles. The average molecular weight is 492 g/mol. The summed E-state index contributed by atoms with van der Waals surface area (Å²) < 4.78 is 29.5. The molecule has 1 atom stereocenters. The molecule has 0 aliphatic heterocycles. The van der Waals surface area contributed by atoms with Crippen molar-refractivity contribution in [2.45, 2.75) is 19.9 Å². The zero-order valence-electron chi connectivity index (χ0n) is 21.2. The van der Waals surface area contributed by atoms with E-state index in [9.17, 15) is 4.79 Å². The number of carbonyl (C=O) groups is 1. The number of esters is 1. The number of hydrogen-bond acceptors (Lipinski definition) is 8. The molecule has 4 aromatic rings. The second-order valence-electron chi connectivity index (χ2n) is 7.95. The van der Waals surface area contributed by atoms with Gasteiger partial charge in [0.25, 0.3) is 0 Å². The smallest absolute Gasteiger partial charge is 0.340 e. The van der Waals surface area contributed by atoms with Crippen LogP contribution in [0.3, 0.4) is 0 Å². The minimum atomic E-state index is -0.478. The molecule has 36 heavy (non-hydrogen) atoms. The molecular formula is C27H29N3O6. The molecule has 2 heterocycles. The number of imidazole rings is 1. The van der Waals surface area contributed by atoms with Gasteiger partial charge in [-0.2, -0.15) is 0 Å². The molecule has 0 spiro atoms. The van der Waals surface area contributed by atoms with Gasteiger partial charge >= 0.3 is 5.97 Å². The number of hydrogen-bond donors (Lipinski definition) is 0. The molecule has 0 saturated carbocycles. The predicted octanol–water partition coefficient (Wildman–Crippen LogP) is 4.92. The summed E-state index contributed by atoms with van der Waals surface area (Å²) in [5.41, 5.74) is 2.89. The first-order valence-electron chi connectivity index (χ1n) is 11.4. The lowest BCUT2D eigenvalue weighted by atomic mass is 9.91. The molecule has 0 fully saturated rings. The van der Waals surface area contributed by atoms with Crippen LogP contribution in [0, 0.1) is 0 Å². The monoisotopic (exact) mass is 491 g/mol. The molecular weight excluding hydrogens is 462 g/mol. The van der Waals surface area contributed by atoms with E-state index >= 15 is 0 Å². The Hall–Kier alpha value is -4.27. The van der Waals surface area contributed by atoms with Gasteiger partial charge in [-0.25, -0.2) is 14.8 Å². The van der Waals surface area contributed by atoms with Crippen molar-refractivity contribution in [3.05, 3.63) is 60.3 Å². The lowest BCUT2D eigenvalue weighted by Crippen LogP contribution is -2.17. The molecule has 4 rings (SSSR count). The summed E-state index contributed by atoms with van der Waals surface area (Å²) in [5.74, 6) is 1.66. The standard InChI is InChI=1S/C27H29N3O6/c1-7-36-27(31)25-24(17-8-9-20(32-3)21(12-17)33-4)18-13-22(34-5)23(35-6)14-19(18)29-26(25)16(2)30-11-10-28-15-30/h8-16H,7H2,1-6H3. The highest BCUT2D eigenvalue weighted by Gasteiger charge is 2.28. The normalized spacial score (nSPS) is 11.7. The fourth-order valence-electron chi connectivity index (χ4n) is 4.25. The largest absolute Gasteiger partial charge is 0.493 e. The van der Waals surface area contributed by atoms with Gasteiger partial charge in [-0.05, 0) is 37.6 Å². The van der Waals surface area contributed by atoms with E-state index in [0.29, 0.717) is 50.7 Å². The van der Waals surface area contributed by atoms with Crippen LogP contribution in [0.1, 0.15) is 35.9 Å². The summed E-state index contributed by atoms with van der Waals surface area (Å²) in [7, 11) is 6.28. The molecule has 188 valence electrons. The summed E-state index contributed by atoms with van der Waals surface area (Å²) in [6.45, 7) is 3.94. The number of ether oxygens (including phenoxy) is 5. The molecule has 0 radical (unpaired) electrons. The van der Waals surface area contributed by atoms with E-state index in [0.717, 1.165) is 5.56 Å². The molecule has 2 aromatic carbocycles. The quantitative estimate of drug-likeness (QED) is 0.305. The van der Waals surface area contributed by atoms with Crippen LogP contribution in [0.5, 0.6) is 23.0 Å². The van der Waals surface area contributed by atoms with Gasteiger partial charge in [0.05, 0.1) is 64.2 Å². The number of methoxy groups -OCH3 is 4. The van der Waals surface area contributed by atoms with Crippen molar-refractivity contribution in [2.75, 3.05) is 35.0 Å². The Balaban J connectivity index is 2.16. The highest BCUT2D eigenvalue weighted by atomic mass is 16.5. The fraction of sp³-hybridized carbons (Fsp3) is 0.296. The van der Waals surface area contributed by atoms with Gasteiger partial charge in [-0.1, -0.05) is 6.07 Å². The number of rotatable bonds is 9. The average Bonchev–Trinajstić information content (AvgIpc) is 3.45. The SMILES string of the molecule is CCOC(=O)c1c(C(C)n2ccnc2)nc2cc(OC)c(OC)cc2c1-c1ccc(OC)c(OC)c1. The molecule has 1 unspecified atom stereocenters. The van der Waals surface area contributed by atoms with Crippen LogP contribution in [0.25, 0.3) is 22.0 Å². The Morgan fingerprint density at radius 2 is 1.61 bits per heavy atom. The topological polar surface area (TPSA) is 93.9 Å². The Bertz CT molecular complexity index is 1380. The fourth-order valence-corrected chi connectivity index (χ4v) is 4.25. The predicted molar refractivity (Wildman–Crippen MR) is 135 cm³/mol. The van der Waals surface area contributed by atoms with E-state index in [1.165, 1.54) is 0 Å². The molecule has 0 saturated heterocycles. The highest BCUT2D eigenvalue weighted by molar-refractivity contribution is 6.09. The summed E-state index contributed by atoms with van der Waals surface area (Å²) in [5, 5.41) is 0.699. The number of nitrogens with zero attached hydrogens (tertiary/aromatic N) is 3. The first kappa shape index (κ1) is 24.8. The third-order valence-corrected chi connectivity index (χ3v) is 6.04. The van der Waals surface area contributed by atoms with Gasteiger partial charge in [-0.3, -0.25) is 0 Å². The molecule has 0 N–H and O–H groups in total. The second-order valence-corrected chi connectivity index (χ2v) is 7.95. The first-order chi connectivity index (χ1) is 17.5. The van der Waals surface area contributed by atoms with E-state index in [2.05, 4.69) is 4.98 Å². The Labute approximate surface area is 209 Å². The summed E-state index contributed by atoms with van der Waals surface area (Å²) in [6.07, 6.45) is 5.21. The summed E-state index contributed by atoms with van der Waals surface area (Å²) in [6, 6.07) is 8.82. The molecule has 9 heteroatoms. The van der Waals surface area contributed by atoms with Gasteiger partial charge in [0.1, 0.15) is 0 Å². The minimum absolute atomic E-state index is 0.215. The molecule has 0 aliphatic rings. The van der Waals surface area contributed by atoms with Crippen molar-refractivity contribution in [3.8, 4) is 34.1 Å². The van der Waals surface area contributed by atoms with Crippen molar-refractivity contribution in [1.29, 1.82) is 0 Å². The number of fused-ring (bicyclic) bond motifs is 1. The lowest BCUT2D eigenvalue weighted by molar-refractivity contribution is 0.0525. The lowest BCUT2D eigenvalue weighted by Gasteiger charge is -2.22. The Morgan fingerprint density at radius 3 is 2.22 bits per heavy atom. The first-order valence-corrected chi connectivity index (χ1v) is 11.4. The Morgan fingerprint density at radius 1 is 0.944 bits per heavy atom. The van der Waals surface area contributed by atoms with Crippen molar-refractivity contribution >= 4 is 16.9 Å². The molecule has 0 bridgehead atoms. The maximum absolute atomic E-state index is 13.5. The van der Waals surface area contributed by atoms with Crippen LogP contribution in [-0.2, 0) is 4.74 Å². The van der Waals surface area contributed by atoms with E-state index in [4.69, 9.17) is 28.7 Å². The second kappa shape index (κ2) is 10.6. The van der Waals surface area contributed by atoms with Crippen LogP contribution in [0.2, 0.25) is 0 Å². The van der Waals surface area contributed by atoms with Crippen molar-refractivity contribution in [2.24, 2.45) is 0 Å². The van der Waals surface area contributed by atoms with E-state index in [1.807, 2.05) is 35.9 Å². The zero-order chi connectivity index (χ0) is 25.8. The van der Waals surface area contributed by atoms with Crippen LogP contribution < -0.4 is 18.9 Å². The number of pyridine rings is 1. The third-order valence-electron chi connectivity index (χ3n) is 6.04. The summed E-state index contributed by atoms with van der Waals surface area (Å²) in [4.78, 5) is 22.6. The van der Waals surface area contributed by atoms with E-state index < -0.39 is 5.97 Å². The number of carbonyl (C=O) groups excluding carboxylic acids is 1. The third kappa shape index (κ3) is 4.39. The highest BCUT2D eigenvalue weighted by Crippen LogP contribution is 2.43. The Kier molecular flexibility index (Phi) is 7.28. The van der Waals surface area contributed by atoms with Crippen molar-refractivity contribution in [3.63, 3.8) is 0 Å². The maximum Gasteiger partial charge on any atom is 0.340 e. The maximum atomic E-state index is 13.5. The van der Waals surface area contributed by atoms with Gasteiger partial charge in [0.2, 0.25) is 0 Å². The van der Waals surface area contributed by atoms with Crippen LogP contribution in [0.15, 0.2) is 49.1 Å². The van der Waals surface area contributed by atoms with E-state index in [-0.39, 0.29) is 12.6 Å². The van der Waals surface area contributed by atoms with Crippen LogP contribution in [0.4, 0.5) is 0 Å². The number of aromatic nitrogens is 3. The van der Waals surface area contributed by atoms with Crippen LogP contribution >= 0.6 is 0 Å². The van der Waals surface area contributed by atoms with Crippen LogP contribution in [-0.4, -0.2) is 55.6 Å². The van der Waals surface area contributed by atoms with Gasteiger partial charge in [-0.15, -0.1) is 0 Å². The number of benzene rings is 2. The van der Waals surface area contributed by atoms with Crippen molar-refractivity contribution in [1.82, 2.24) is 14.5 Å². The van der Waals surface area contributed by atoms with Gasteiger partial charge in [0, 0.05) is 29.4 Å². The minimum Gasteiger partial charge on any atom is -0.493 e. The van der Waals surface area contributed by atoms with E-state index in [1.54, 1.807) is 60.0 Å². The van der Waals surface area contributed by atoms with Crippen molar-refractivity contribution < 1.29 is 28.5 Å². The zero-order valence-corrected chi connectivity index (χ0v) is 21.2. The molecule has 0 amide bonds. The van der Waals surface area contributed by atoms with Gasteiger partial charge < -0.3 is 28.3 Å². The summed E-state index contributed by atoms with van der Waals surface area (Å²) >= 11 is 0. The molecule has 0 aliphatic carbocycles. The van der Waals surface area contributed by atoms with Gasteiger partial charge in [0.15, 0.2) is 23.0 Å². The molecule has 9 nitrogen and oxygen atoms in total.